The lowest BCUT2D eigenvalue weighted by Crippen LogP contribution is -2.35. The molecule has 2 heterocycles. The van der Waals surface area contributed by atoms with Gasteiger partial charge in [-0.2, -0.15) is 15.1 Å². The molecule has 0 spiro atoms. The van der Waals surface area contributed by atoms with Gasteiger partial charge in [-0.3, -0.25) is 10.2 Å². The highest BCUT2D eigenvalue weighted by molar-refractivity contribution is 8.26. The van der Waals surface area contributed by atoms with Gasteiger partial charge in [-0.25, -0.2) is 0 Å². The molecule has 2 aliphatic heterocycles. The summed E-state index contributed by atoms with van der Waals surface area (Å²) in [6, 6.07) is 13.1. The molecule has 0 saturated carbocycles. The van der Waals surface area contributed by atoms with Gasteiger partial charge in [0.15, 0.2) is 17.3 Å². The van der Waals surface area contributed by atoms with Crippen LogP contribution in [0.3, 0.4) is 0 Å². The number of hydrogen-bond donors (Lipinski definition) is 1. The van der Waals surface area contributed by atoms with Gasteiger partial charge in [0.1, 0.15) is 24.0 Å². The Balaban J connectivity index is 1.43. The second kappa shape index (κ2) is 11.1. The number of carbonyl (C=O) groups is 1. The van der Waals surface area contributed by atoms with Gasteiger partial charge >= 0.3 is 0 Å². The number of para-hydroxylation sites is 1. The Labute approximate surface area is 208 Å². The maximum absolute atomic E-state index is 12.6. The molecule has 2 aliphatic rings. The fraction of sp³-hybridized carbons (Fsp3) is 0.231. The molecule has 0 aliphatic carbocycles. The van der Waals surface area contributed by atoms with E-state index in [1.54, 1.807) is 31.4 Å². The Hall–Kier alpha value is -3.85. The average Bonchev–Trinajstić information content (AvgIpc) is 3.29. The fourth-order valence-electron chi connectivity index (χ4n) is 3.51. The minimum atomic E-state index is -0.463. The third-order valence-electron chi connectivity index (χ3n) is 5.23. The summed E-state index contributed by atoms with van der Waals surface area (Å²) < 4.78 is 17.2. The Morgan fingerprint density at radius 1 is 1.11 bits per heavy atom. The maximum Gasteiger partial charge on any atom is 0.283 e. The van der Waals surface area contributed by atoms with Crippen LogP contribution in [0.4, 0.5) is 0 Å². The summed E-state index contributed by atoms with van der Waals surface area (Å²) in [5.41, 5.74) is 1.92. The standard InChI is InChI=1S/C26H26N4O4S/c1-4-8-18-9-6-7-10-20(18)33-13-14-34-21-12-11-17(16-22(21)32-3)15-19-24(27)30-26(28-25(19)31)35-23(5-2)29-30/h4,6-7,9-12,15-16,27H,1,5,8,13-14H2,2-3H3/b19-15+,27-24?. The lowest BCUT2D eigenvalue weighted by molar-refractivity contribution is -0.114. The third kappa shape index (κ3) is 5.46. The quantitative estimate of drug-likeness (QED) is 0.289. The van der Waals surface area contributed by atoms with E-state index in [9.17, 15) is 4.79 Å². The van der Waals surface area contributed by atoms with Crippen LogP contribution in [0.2, 0.25) is 0 Å². The first kappa shape index (κ1) is 24.3. The maximum atomic E-state index is 12.6. The van der Waals surface area contributed by atoms with Crippen LogP contribution >= 0.6 is 11.8 Å². The van der Waals surface area contributed by atoms with Gasteiger partial charge in [0.05, 0.1) is 12.7 Å². The first-order chi connectivity index (χ1) is 17.0. The number of rotatable bonds is 10. The molecule has 8 nitrogen and oxygen atoms in total. The van der Waals surface area contributed by atoms with Crippen LogP contribution in [-0.2, 0) is 11.2 Å². The SMILES string of the molecule is C=CCc1ccccc1OCCOc1ccc(/C=C2\C(=N)N3N=C(CC)SC3=NC2=O)cc1OC. The van der Waals surface area contributed by atoms with Crippen LogP contribution in [-0.4, -0.2) is 47.3 Å². The molecule has 0 atom stereocenters. The molecule has 1 amide bonds. The van der Waals surface area contributed by atoms with Crippen LogP contribution in [0.15, 0.2) is 70.8 Å². The van der Waals surface area contributed by atoms with Crippen molar-refractivity contribution in [3.63, 3.8) is 0 Å². The van der Waals surface area contributed by atoms with Crippen molar-refractivity contribution in [1.29, 1.82) is 5.41 Å². The predicted octanol–water partition coefficient (Wildman–Crippen LogP) is 4.91. The number of methoxy groups -OCH3 is 1. The number of amidine groups is 2. The van der Waals surface area contributed by atoms with E-state index in [0.717, 1.165) is 22.8 Å². The number of ether oxygens (including phenoxy) is 3. The van der Waals surface area contributed by atoms with E-state index in [2.05, 4.69) is 16.7 Å². The summed E-state index contributed by atoms with van der Waals surface area (Å²) in [5, 5.41) is 15.5. The van der Waals surface area contributed by atoms with Crippen molar-refractivity contribution >= 4 is 39.8 Å². The molecule has 0 bridgehead atoms. The third-order valence-corrected chi connectivity index (χ3v) is 6.29. The minimum Gasteiger partial charge on any atom is -0.493 e. The van der Waals surface area contributed by atoms with Gasteiger partial charge in [-0.1, -0.05) is 37.3 Å². The fourth-order valence-corrected chi connectivity index (χ4v) is 4.33. The second-order valence-corrected chi connectivity index (χ2v) is 8.62. The zero-order valence-corrected chi connectivity index (χ0v) is 20.4. The Kier molecular flexibility index (Phi) is 7.67. The molecule has 35 heavy (non-hydrogen) atoms. The summed E-state index contributed by atoms with van der Waals surface area (Å²) in [6.07, 6.45) is 4.90. The van der Waals surface area contributed by atoms with Gasteiger partial charge in [0, 0.05) is 0 Å². The summed E-state index contributed by atoms with van der Waals surface area (Å²) in [4.78, 5) is 16.7. The number of hydrogen-bond acceptors (Lipinski definition) is 7. The van der Waals surface area contributed by atoms with Crippen molar-refractivity contribution in [1.82, 2.24) is 5.01 Å². The van der Waals surface area contributed by atoms with Crippen LogP contribution < -0.4 is 14.2 Å². The Morgan fingerprint density at radius 3 is 2.63 bits per heavy atom. The topological polar surface area (TPSA) is 96.6 Å². The lowest BCUT2D eigenvalue weighted by Gasteiger charge is -2.20. The normalized spacial score (nSPS) is 16.1. The van der Waals surface area contributed by atoms with Crippen LogP contribution in [0.1, 0.15) is 24.5 Å². The highest BCUT2D eigenvalue weighted by Gasteiger charge is 2.35. The highest BCUT2D eigenvalue weighted by atomic mass is 32.2. The van der Waals surface area contributed by atoms with Crippen molar-refractivity contribution in [2.75, 3.05) is 20.3 Å². The number of aliphatic imine (C=N–C) groups is 1. The predicted molar refractivity (Wildman–Crippen MR) is 140 cm³/mol. The van der Waals surface area contributed by atoms with E-state index in [0.29, 0.717) is 41.9 Å². The van der Waals surface area contributed by atoms with Crippen molar-refractivity contribution in [3.05, 3.63) is 71.8 Å². The van der Waals surface area contributed by atoms with E-state index in [4.69, 9.17) is 19.6 Å². The molecule has 2 aromatic rings. The monoisotopic (exact) mass is 490 g/mol. The van der Waals surface area contributed by atoms with E-state index in [1.165, 1.54) is 16.8 Å². The lowest BCUT2D eigenvalue weighted by atomic mass is 10.1. The smallest absolute Gasteiger partial charge is 0.283 e. The molecule has 1 N–H and O–H groups in total. The average molecular weight is 491 g/mol. The van der Waals surface area contributed by atoms with Gasteiger partial charge in [-0.15, -0.1) is 6.58 Å². The molecule has 2 aromatic carbocycles. The molecule has 180 valence electrons. The Morgan fingerprint density at radius 2 is 1.89 bits per heavy atom. The van der Waals surface area contributed by atoms with Crippen LogP contribution in [0.5, 0.6) is 17.2 Å². The van der Waals surface area contributed by atoms with E-state index >= 15 is 0 Å². The van der Waals surface area contributed by atoms with Gasteiger partial charge < -0.3 is 14.2 Å². The summed E-state index contributed by atoms with van der Waals surface area (Å²) in [6.45, 7) is 6.44. The van der Waals surface area contributed by atoms with Crippen LogP contribution in [0, 0.1) is 5.41 Å². The second-order valence-electron chi connectivity index (χ2n) is 7.58. The van der Waals surface area contributed by atoms with Crippen molar-refractivity contribution in [2.45, 2.75) is 19.8 Å². The van der Waals surface area contributed by atoms with Crippen LogP contribution in [0.25, 0.3) is 6.08 Å². The van der Waals surface area contributed by atoms with E-state index in [1.807, 2.05) is 37.3 Å². The highest BCUT2D eigenvalue weighted by Crippen LogP contribution is 2.32. The molecule has 0 unspecified atom stereocenters. The number of hydrazone groups is 1. The van der Waals surface area contributed by atoms with E-state index < -0.39 is 5.91 Å². The minimum absolute atomic E-state index is 0.00382. The largest absolute Gasteiger partial charge is 0.493 e. The summed E-state index contributed by atoms with van der Waals surface area (Å²) >= 11 is 1.32. The molecular formula is C26H26N4O4S. The first-order valence-corrected chi connectivity index (χ1v) is 12.0. The number of thioether (sulfide) groups is 1. The zero-order valence-electron chi connectivity index (χ0n) is 19.6. The number of carbonyl (C=O) groups excluding carboxylic acids is 1. The Bertz CT molecular complexity index is 1250. The number of nitrogens with zero attached hydrogens (tertiary/aromatic N) is 3. The van der Waals surface area contributed by atoms with Crippen molar-refractivity contribution < 1.29 is 19.0 Å². The molecule has 0 saturated heterocycles. The molecule has 0 radical (unpaired) electrons. The molecule has 9 heteroatoms. The number of nitrogens with one attached hydrogen (secondary N) is 1. The molecule has 0 aromatic heterocycles. The first-order valence-electron chi connectivity index (χ1n) is 11.2. The van der Waals surface area contributed by atoms with Crippen molar-refractivity contribution in [3.8, 4) is 17.2 Å². The van der Waals surface area contributed by atoms with E-state index in [-0.39, 0.29) is 11.4 Å². The van der Waals surface area contributed by atoms with Gasteiger partial charge in [0.25, 0.3) is 5.91 Å². The number of fused-ring (bicyclic) bond motifs is 1. The van der Waals surface area contributed by atoms with Gasteiger partial charge in [-0.05, 0) is 60.0 Å². The van der Waals surface area contributed by atoms with Gasteiger partial charge in [0.2, 0.25) is 5.17 Å². The number of benzene rings is 2. The number of allylic oxidation sites excluding steroid dienone is 1. The molecule has 0 fully saturated rings. The zero-order chi connectivity index (χ0) is 24.8. The molecular weight excluding hydrogens is 464 g/mol. The molecule has 4 rings (SSSR count). The summed E-state index contributed by atoms with van der Waals surface area (Å²) in [5.74, 6) is 1.41. The van der Waals surface area contributed by atoms with Crippen molar-refractivity contribution in [2.24, 2.45) is 10.1 Å². The number of amides is 1. The summed E-state index contributed by atoms with van der Waals surface area (Å²) in [7, 11) is 1.55.